The Morgan fingerprint density at radius 1 is 1.16 bits per heavy atom. The highest BCUT2D eigenvalue weighted by molar-refractivity contribution is 5.92. The van der Waals surface area contributed by atoms with Crippen LogP contribution in [0.25, 0.3) is 16.9 Å². The first-order chi connectivity index (χ1) is 12.2. The zero-order valence-corrected chi connectivity index (χ0v) is 13.5. The smallest absolute Gasteiger partial charge is 0.270 e. The van der Waals surface area contributed by atoms with Gasteiger partial charge in [-0.15, -0.1) is 10.2 Å². The molecule has 2 N–H and O–H groups in total. The van der Waals surface area contributed by atoms with Crippen LogP contribution in [0, 0.1) is 6.92 Å². The number of amides is 1. The van der Waals surface area contributed by atoms with Gasteiger partial charge < -0.3 is 10.3 Å². The van der Waals surface area contributed by atoms with Crippen LogP contribution in [0.5, 0.6) is 0 Å². The van der Waals surface area contributed by atoms with Crippen LogP contribution < -0.4 is 5.32 Å². The van der Waals surface area contributed by atoms with E-state index in [9.17, 15) is 4.79 Å². The van der Waals surface area contributed by atoms with Crippen molar-refractivity contribution in [1.82, 2.24) is 35.0 Å². The number of imidazole rings is 1. The van der Waals surface area contributed by atoms with E-state index in [1.807, 2.05) is 25.1 Å². The molecule has 0 saturated carbocycles. The Bertz CT molecular complexity index is 1040. The summed E-state index contributed by atoms with van der Waals surface area (Å²) < 4.78 is 1.64. The molecule has 0 unspecified atom stereocenters. The highest BCUT2D eigenvalue weighted by Gasteiger charge is 2.10. The molecule has 0 aliphatic carbocycles. The Labute approximate surface area is 143 Å². The quantitative estimate of drug-likeness (QED) is 0.593. The van der Waals surface area contributed by atoms with E-state index < -0.39 is 0 Å². The predicted octanol–water partition coefficient (Wildman–Crippen LogP) is 1.78. The number of fused-ring (bicyclic) bond motifs is 1. The molecule has 0 aliphatic rings. The van der Waals surface area contributed by atoms with E-state index in [-0.39, 0.29) is 5.91 Å². The number of pyridine rings is 1. The van der Waals surface area contributed by atoms with Crippen molar-refractivity contribution < 1.29 is 4.79 Å². The summed E-state index contributed by atoms with van der Waals surface area (Å²) in [5, 5.41) is 10.3. The number of carbonyl (C=O) groups is 1. The lowest BCUT2D eigenvalue weighted by Crippen LogP contribution is -2.24. The third kappa shape index (κ3) is 3.09. The fourth-order valence-corrected chi connectivity index (χ4v) is 2.53. The first-order valence-electron chi connectivity index (χ1n) is 7.74. The van der Waals surface area contributed by atoms with Gasteiger partial charge in [0.1, 0.15) is 30.0 Å². The van der Waals surface area contributed by atoms with E-state index in [1.165, 1.54) is 12.7 Å². The standard InChI is InChI=1S/C17H15N7O/c1-11-5-6-12-14(7-11)22-15(21-12)8-18-17(25)13-3-2-4-16(23-13)24-9-19-20-10-24/h2-7,9-10H,8H2,1H3,(H,18,25)(H,21,22). The summed E-state index contributed by atoms with van der Waals surface area (Å²) in [7, 11) is 0. The number of benzene rings is 1. The Morgan fingerprint density at radius 3 is 2.84 bits per heavy atom. The minimum atomic E-state index is -0.272. The first kappa shape index (κ1) is 15.0. The number of rotatable bonds is 4. The van der Waals surface area contributed by atoms with Crippen molar-refractivity contribution in [1.29, 1.82) is 0 Å². The van der Waals surface area contributed by atoms with Gasteiger partial charge in [0.25, 0.3) is 5.91 Å². The van der Waals surface area contributed by atoms with Crippen LogP contribution in [-0.4, -0.2) is 35.6 Å². The first-order valence-corrected chi connectivity index (χ1v) is 7.74. The lowest BCUT2D eigenvalue weighted by molar-refractivity contribution is 0.0945. The van der Waals surface area contributed by atoms with Gasteiger partial charge in [-0.1, -0.05) is 12.1 Å². The number of hydrogen-bond acceptors (Lipinski definition) is 5. The van der Waals surface area contributed by atoms with Gasteiger partial charge in [-0.25, -0.2) is 9.97 Å². The van der Waals surface area contributed by atoms with Crippen LogP contribution in [0.2, 0.25) is 0 Å². The number of nitrogens with one attached hydrogen (secondary N) is 2. The maximum Gasteiger partial charge on any atom is 0.270 e. The average molecular weight is 333 g/mol. The molecule has 3 heterocycles. The Kier molecular flexibility index (Phi) is 3.70. The fourth-order valence-electron chi connectivity index (χ4n) is 2.53. The summed E-state index contributed by atoms with van der Waals surface area (Å²) in [4.78, 5) is 24.4. The van der Waals surface area contributed by atoms with E-state index in [1.54, 1.807) is 22.8 Å². The highest BCUT2D eigenvalue weighted by atomic mass is 16.1. The third-order valence-electron chi connectivity index (χ3n) is 3.75. The van der Waals surface area contributed by atoms with E-state index in [2.05, 4.69) is 30.5 Å². The van der Waals surface area contributed by atoms with E-state index in [4.69, 9.17) is 0 Å². The number of aromatic amines is 1. The number of nitrogens with zero attached hydrogens (tertiary/aromatic N) is 5. The topological polar surface area (TPSA) is 101 Å². The number of H-pyrrole nitrogens is 1. The molecule has 1 aromatic carbocycles. The highest BCUT2D eigenvalue weighted by Crippen LogP contribution is 2.13. The predicted molar refractivity (Wildman–Crippen MR) is 91.2 cm³/mol. The molecule has 4 aromatic rings. The molecular weight excluding hydrogens is 318 g/mol. The van der Waals surface area contributed by atoms with E-state index in [0.29, 0.717) is 23.9 Å². The molecule has 4 rings (SSSR count). The second kappa shape index (κ2) is 6.16. The normalized spacial score (nSPS) is 10.9. The zero-order valence-electron chi connectivity index (χ0n) is 13.5. The molecule has 8 heteroatoms. The van der Waals surface area contributed by atoms with Crippen LogP contribution in [0.15, 0.2) is 49.1 Å². The van der Waals surface area contributed by atoms with Gasteiger partial charge >= 0.3 is 0 Å². The molecule has 0 spiro atoms. The molecule has 0 bridgehead atoms. The van der Waals surface area contributed by atoms with E-state index in [0.717, 1.165) is 16.6 Å². The second-order valence-electron chi connectivity index (χ2n) is 5.64. The fraction of sp³-hybridized carbons (Fsp3) is 0.118. The van der Waals surface area contributed by atoms with Gasteiger partial charge in [-0.3, -0.25) is 9.36 Å². The molecule has 8 nitrogen and oxygen atoms in total. The van der Waals surface area contributed by atoms with Crippen molar-refractivity contribution in [3.05, 3.63) is 66.1 Å². The summed E-state index contributed by atoms with van der Waals surface area (Å²) in [6.07, 6.45) is 3.06. The SMILES string of the molecule is Cc1ccc2nc(CNC(=O)c3cccc(-n4cnnc4)n3)[nH]c2c1. The summed E-state index contributed by atoms with van der Waals surface area (Å²) >= 11 is 0. The molecule has 3 aromatic heterocycles. The Balaban J connectivity index is 1.49. The number of hydrogen-bond donors (Lipinski definition) is 2. The minimum absolute atomic E-state index is 0.272. The molecule has 1 amide bonds. The van der Waals surface area contributed by atoms with Gasteiger partial charge in [-0.05, 0) is 36.8 Å². The lowest BCUT2D eigenvalue weighted by atomic mass is 10.2. The van der Waals surface area contributed by atoms with Gasteiger partial charge in [0.2, 0.25) is 0 Å². The van der Waals surface area contributed by atoms with Crippen molar-refractivity contribution >= 4 is 16.9 Å². The summed E-state index contributed by atoms with van der Waals surface area (Å²) in [6.45, 7) is 2.32. The minimum Gasteiger partial charge on any atom is -0.343 e. The van der Waals surface area contributed by atoms with Crippen molar-refractivity contribution in [2.45, 2.75) is 13.5 Å². The second-order valence-corrected chi connectivity index (χ2v) is 5.64. The molecular formula is C17H15N7O. The molecule has 124 valence electrons. The van der Waals surface area contributed by atoms with Gasteiger partial charge in [0.15, 0.2) is 0 Å². The van der Waals surface area contributed by atoms with Crippen molar-refractivity contribution in [3.63, 3.8) is 0 Å². The third-order valence-corrected chi connectivity index (χ3v) is 3.75. The van der Waals surface area contributed by atoms with E-state index >= 15 is 0 Å². The Hall–Kier alpha value is -3.55. The molecule has 0 saturated heterocycles. The summed E-state index contributed by atoms with van der Waals surface area (Å²) in [5.74, 6) is 1.01. The molecule has 0 aliphatic heterocycles. The van der Waals surface area contributed by atoms with Crippen molar-refractivity contribution in [3.8, 4) is 5.82 Å². The molecule has 25 heavy (non-hydrogen) atoms. The van der Waals surface area contributed by atoms with Gasteiger partial charge in [0.05, 0.1) is 17.6 Å². The van der Waals surface area contributed by atoms with Gasteiger partial charge in [-0.2, -0.15) is 0 Å². The van der Waals surface area contributed by atoms with Gasteiger partial charge in [0, 0.05) is 0 Å². The zero-order chi connectivity index (χ0) is 17.2. The van der Waals surface area contributed by atoms with Crippen molar-refractivity contribution in [2.75, 3.05) is 0 Å². The summed E-state index contributed by atoms with van der Waals surface area (Å²) in [5.41, 5.74) is 3.31. The number of aryl methyl sites for hydroxylation is 1. The monoisotopic (exact) mass is 333 g/mol. The van der Waals surface area contributed by atoms with Crippen molar-refractivity contribution in [2.24, 2.45) is 0 Å². The molecule has 0 atom stereocenters. The maximum absolute atomic E-state index is 12.4. The molecule has 0 fully saturated rings. The van der Waals surface area contributed by atoms with Crippen LogP contribution >= 0.6 is 0 Å². The average Bonchev–Trinajstić information content (AvgIpc) is 3.29. The van der Waals surface area contributed by atoms with Crippen LogP contribution in [-0.2, 0) is 6.54 Å². The lowest BCUT2D eigenvalue weighted by Gasteiger charge is -2.05. The molecule has 0 radical (unpaired) electrons. The maximum atomic E-state index is 12.4. The van der Waals surface area contributed by atoms with Crippen LogP contribution in [0.4, 0.5) is 0 Å². The Morgan fingerprint density at radius 2 is 2.00 bits per heavy atom. The van der Waals surface area contributed by atoms with Crippen LogP contribution in [0.3, 0.4) is 0 Å². The number of aromatic nitrogens is 6. The number of carbonyl (C=O) groups excluding carboxylic acids is 1. The summed E-state index contributed by atoms with van der Waals surface area (Å²) in [6, 6.07) is 11.2. The van der Waals surface area contributed by atoms with Crippen LogP contribution in [0.1, 0.15) is 21.9 Å². The largest absolute Gasteiger partial charge is 0.343 e.